The van der Waals surface area contributed by atoms with Gasteiger partial charge in [0.1, 0.15) is 0 Å². The van der Waals surface area contributed by atoms with E-state index in [2.05, 4.69) is 19.9 Å². The van der Waals surface area contributed by atoms with Crippen molar-refractivity contribution in [2.75, 3.05) is 39.5 Å². The molecule has 128 valence electrons. The average Bonchev–Trinajstić information content (AvgIpc) is 2.41. The Labute approximate surface area is 132 Å². The molecular weight excluding hydrogens is 306 g/mol. The van der Waals surface area contributed by atoms with Crippen molar-refractivity contribution in [1.82, 2.24) is 14.9 Å². The van der Waals surface area contributed by atoms with Gasteiger partial charge in [-0.2, -0.15) is 0 Å². The molecule has 1 heterocycles. The Balaban J connectivity index is 2.36. The molecule has 0 aromatic rings. The molecule has 22 heavy (non-hydrogen) atoms. The van der Waals surface area contributed by atoms with Gasteiger partial charge in [-0.25, -0.2) is 13.1 Å². The summed E-state index contributed by atoms with van der Waals surface area (Å²) in [5, 5.41) is 3.22. The Morgan fingerprint density at radius 2 is 2.14 bits per heavy atom. The third-order valence-corrected chi connectivity index (χ3v) is 4.25. The Kier molecular flexibility index (Phi) is 7.60. The van der Waals surface area contributed by atoms with Crippen molar-refractivity contribution in [2.24, 2.45) is 16.6 Å². The van der Waals surface area contributed by atoms with Crippen molar-refractivity contribution in [1.29, 1.82) is 0 Å². The number of likely N-dealkylation sites (tertiary alicyclic amines) is 1. The number of amides is 1. The molecule has 0 spiro atoms. The second-order valence-corrected chi connectivity index (χ2v) is 7.45. The van der Waals surface area contributed by atoms with Crippen LogP contribution in [0.4, 0.5) is 0 Å². The number of hydrogen-bond acceptors (Lipinski definition) is 4. The van der Waals surface area contributed by atoms with Crippen molar-refractivity contribution in [3.8, 4) is 0 Å². The highest BCUT2D eigenvalue weighted by atomic mass is 32.2. The molecule has 1 aliphatic heterocycles. The van der Waals surface area contributed by atoms with E-state index in [9.17, 15) is 13.2 Å². The summed E-state index contributed by atoms with van der Waals surface area (Å²) in [6, 6.07) is 0. The Morgan fingerprint density at radius 3 is 2.73 bits per heavy atom. The average molecular weight is 333 g/mol. The highest BCUT2D eigenvalue weighted by molar-refractivity contribution is 7.88. The molecule has 4 N–H and O–H groups in total. The van der Waals surface area contributed by atoms with Crippen molar-refractivity contribution in [3.63, 3.8) is 0 Å². The van der Waals surface area contributed by atoms with Crippen molar-refractivity contribution in [3.05, 3.63) is 0 Å². The first-order valence-electron chi connectivity index (χ1n) is 7.50. The van der Waals surface area contributed by atoms with Gasteiger partial charge < -0.3 is 16.0 Å². The predicted octanol–water partition coefficient (Wildman–Crippen LogP) is -0.911. The number of rotatable bonds is 7. The van der Waals surface area contributed by atoms with Crippen molar-refractivity contribution < 1.29 is 13.2 Å². The quantitative estimate of drug-likeness (QED) is 0.317. The lowest BCUT2D eigenvalue weighted by Gasteiger charge is -2.34. The number of aliphatic imine (C=N–C) groups is 1. The summed E-state index contributed by atoms with van der Waals surface area (Å²) in [5.74, 6) is 0.798. The van der Waals surface area contributed by atoms with Crippen LogP contribution in [0.1, 0.15) is 25.7 Å². The summed E-state index contributed by atoms with van der Waals surface area (Å²) in [4.78, 5) is 17.4. The number of sulfonamides is 1. The summed E-state index contributed by atoms with van der Waals surface area (Å²) in [6.07, 6.45) is 4.24. The molecule has 1 saturated heterocycles. The van der Waals surface area contributed by atoms with Gasteiger partial charge in [0.25, 0.3) is 0 Å². The molecule has 8 nitrogen and oxygen atoms in total. The lowest BCUT2D eigenvalue weighted by molar-refractivity contribution is -0.119. The van der Waals surface area contributed by atoms with E-state index in [1.165, 1.54) is 0 Å². The molecule has 0 radical (unpaired) electrons. The fourth-order valence-electron chi connectivity index (χ4n) is 2.59. The van der Waals surface area contributed by atoms with E-state index in [1.54, 1.807) is 7.05 Å². The minimum atomic E-state index is -3.13. The zero-order chi connectivity index (χ0) is 16.6. The number of piperidine rings is 1. The summed E-state index contributed by atoms with van der Waals surface area (Å²) in [7, 11) is -1.41. The Morgan fingerprint density at radius 1 is 1.41 bits per heavy atom. The standard InChI is InChI=1S/C13H27N5O3S/c1-15-13(16-6-4-7-17-22(2,20)21)18-8-3-5-11(10-18)9-12(14)19/h11,17H,3-10H2,1-2H3,(H2,14,19)(H,15,16). The molecule has 1 aliphatic rings. The van der Waals surface area contributed by atoms with Crippen LogP contribution in [0.3, 0.4) is 0 Å². The maximum atomic E-state index is 11.0. The van der Waals surface area contributed by atoms with Gasteiger partial charge >= 0.3 is 0 Å². The van der Waals surface area contributed by atoms with E-state index < -0.39 is 10.0 Å². The van der Waals surface area contributed by atoms with Crippen molar-refractivity contribution >= 4 is 21.9 Å². The van der Waals surface area contributed by atoms with Crippen LogP contribution in [0.15, 0.2) is 4.99 Å². The van der Waals surface area contributed by atoms with Crippen LogP contribution in [0.5, 0.6) is 0 Å². The number of carbonyl (C=O) groups is 1. The highest BCUT2D eigenvalue weighted by Crippen LogP contribution is 2.19. The lowest BCUT2D eigenvalue weighted by atomic mass is 9.95. The SMILES string of the molecule is CN=C(NCCCNS(C)(=O)=O)N1CCCC(CC(N)=O)C1. The molecule has 1 rings (SSSR count). The normalized spacial score (nSPS) is 20.0. The van der Waals surface area contributed by atoms with E-state index in [0.29, 0.717) is 25.9 Å². The van der Waals surface area contributed by atoms with Gasteiger partial charge in [0.15, 0.2) is 5.96 Å². The minimum Gasteiger partial charge on any atom is -0.370 e. The van der Waals surface area contributed by atoms with E-state index in [0.717, 1.165) is 38.1 Å². The largest absolute Gasteiger partial charge is 0.370 e. The first-order valence-corrected chi connectivity index (χ1v) is 9.39. The maximum absolute atomic E-state index is 11.0. The van der Waals surface area contributed by atoms with E-state index in [4.69, 9.17) is 5.73 Å². The molecule has 1 fully saturated rings. The van der Waals surface area contributed by atoms with Gasteiger partial charge in [-0.3, -0.25) is 9.79 Å². The number of guanidine groups is 1. The molecule has 1 atom stereocenters. The molecule has 9 heteroatoms. The Hall–Kier alpha value is -1.35. The Bertz CT molecular complexity index is 492. The predicted molar refractivity (Wildman–Crippen MR) is 86.9 cm³/mol. The molecule has 0 bridgehead atoms. The van der Waals surface area contributed by atoms with Gasteiger partial charge in [0.05, 0.1) is 6.26 Å². The van der Waals surface area contributed by atoms with E-state index >= 15 is 0 Å². The van der Waals surface area contributed by atoms with Crippen LogP contribution in [0.2, 0.25) is 0 Å². The van der Waals surface area contributed by atoms with Crippen LogP contribution < -0.4 is 15.8 Å². The number of nitrogens with zero attached hydrogens (tertiary/aromatic N) is 2. The smallest absolute Gasteiger partial charge is 0.217 e. The second kappa shape index (κ2) is 8.94. The maximum Gasteiger partial charge on any atom is 0.217 e. The number of nitrogens with one attached hydrogen (secondary N) is 2. The van der Waals surface area contributed by atoms with Gasteiger partial charge in [-0.1, -0.05) is 0 Å². The third-order valence-electron chi connectivity index (χ3n) is 3.52. The number of nitrogens with two attached hydrogens (primary N) is 1. The molecule has 0 saturated carbocycles. The minimum absolute atomic E-state index is 0.262. The first-order chi connectivity index (χ1) is 10.3. The molecule has 0 aliphatic carbocycles. The first kappa shape index (κ1) is 18.7. The topological polar surface area (TPSA) is 117 Å². The van der Waals surface area contributed by atoms with Gasteiger partial charge in [0, 0.05) is 39.6 Å². The summed E-state index contributed by atoms with van der Waals surface area (Å²) < 4.78 is 24.4. The number of hydrogen-bond donors (Lipinski definition) is 3. The summed E-state index contributed by atoms with van der Waals surface area (Å²) in [5.41, 5.74) is 5.27. The van der Waals surface area contributed by atoms with E-state index in [-0.39, 0.29) is 11.8 Å². The lowest BCUT2D eigenvalue weighted by Crippen LogP contribution is -2.47. The molecule has 0 aromatic heterocycles. The summed E-state index contributed by atoms with van der Waals surface area (Å²) in [6.45, 7) is 2.69. The molecule has 1 unspecified atom stereocenters. The fourth-order valence-corrected chi connectivity index (χ4v) is 3.10. The monoisotopic (exact) mass is 333 g/mol. The zero-order valence-corrected chi connectivity index (χ0v) is 14.2. The van der Waals surface area contributed by atoms with Crippen LogP contribution in [0, 0.1) is 5.92 Å². The highest BCUT2D eigenvalue weighted by Gasteiger charge is 2.23. The van der Waals surface area contributed by atoms with Gasteiger partial charge in [-0.15, -0.1) is 0 Å². The van der Waals surface area contributed by atoms with Gasteiger partial charge in [-0.05, 0) is 25.2 Å². The second-order valence-electron chi connectivity index (χ2n) is 5.62. The van der Waals surface area contributed by atoms with Crippen LogP contribution >= 0.6 is 0 Å². The molecular formula is C13H27N5O3S. The number of primary amides is 1. The molecule has 0 aromatic carbocycles. The molecule has 1 amide bonds. The van der Waals surface area contributed by atoms with Crippen LogP contribution in [-0.2, 0) is 14.8 Å². The third kappa shape index (κ3) is 7.60. The van der Waals surface area contributed by atoms with Gasteiger partial charge in [0.2, 0.25) is 15.9 Å². The number of carbonyl (C=O) groups excluding carboxylic acids is 1. The summed E-state index contributed by atoms with van der Waals surface area (Å²) >= 11 is 0. The van der Waals surface area contributed by atoms with Crippen LogP contribution in [0.25, 0.3) is 0 Å². The fraction of sp³-hybridized carbons (Fsp3) is 0.846. The van der Waals surface area contributed by atoms with E-state index in [1.807, 2.05) is 0 Å². The zero-order valence-electron chi connectivity index (χ0n) is 13.3. The van der Waals surface area contributed by atoms with Crippen LogP contribution in [-0.4, -0.2) is 64.7 Å². The van der Waals surface area contributed by atoms with Crippen molar-refractivity contribution in [2.45, 2.75) is 25.7 Å².